The van der Waals surface area contributed by atoms with Crippen LogP contribution in [0.2, 0.25) is 0 Å². The third-order valence-electron chi connectivity index (χ3n) is 3.20. The highest BCUT2D eigenvalue weighted by atomic mass is 19.1. The first kappa shape index (κ1) is 15.0. The van der Waals surface area contributed by atoms with Crippen molar-refractivity contribution >= 4 is 5.91 Å². The van der Waals surface area contributed by atoms with Gasteiger partial charge in [-0.05, 0) is 23.3 Å². The van der Waals surface area contributed by atoms with Crippen molar-refractivity contribution in [2.45, 2.75) is 13.1 Å². The largest absolute Gasteiger partial charge is 0.507 e. The Kier molecular flexibility index (Phi) is 4.55. The minimum absolute atomic E-state index is 0.306. The minimum atomic E-state index is -0.734. The molecular weight excluding hydrogens is 271 g/mol. The Labute approximate surface area is 122 Å². The van der Waals surface area contributed by atoms with Crippen LogP contribution in [0.4, 0.5) is 4.39 Å². The van der Waals surface area contributed by atoms with Gasteiger partial charge in [-0.25, -0.2) is 4.39 Å². The summed E-state index contributed by atoms with van der Waals surface area (Å²) in [6.45, 7) is 0.722. The lowest BCUT2D eigenvalue weighted by Gasteiger charge is -2.18. The van der Waals surface area contributed by atoms with E-state index in [4.69, 9.17) is 5.73 Å². The van der Waals surface area contributed by atoms with Crippen molar-refractivity contribution in [2.75, 3.05) is 7.05 Å². The van der Waals surface area contributed by atoms with Gasteiger partial charge >= 0.3 is 0 Å². The van der Waals surface area contributed by atoms with Gasteiger partial charge in [0.25, 0.3) is 5.91 Å². The highest BCUT2D eigenvalue weighted by molar-refractivity contribution is 5.96. The molecule has 21 heavy (non-hydrogen) atoms. The van der Waals surface area contributed by atoms with Crippen molar-refractivity contribution in [1.82, 2.24) is 4.90 Å². The molecule has 1 amide bonds. The van der Waals surface area contributed by atoms with Gasteiger partial charge in [0.2, 0.25) is 0 Å². The Morgan fingerprint density at radius 1 is 1.24 bits per heavy atom. The summed E-state index contributed by atoms with van der Waals surface area (Å²) in [4.78, 5) is 13.6. The van der Waals surface area contributed by atoms with Gasteiger partial charge in [-0.2, -0.15) is 0 Å². The van der Waals surface area contributed by atoms with Crippen molar-refractivity contribution in [3.63, 3.8) is 0 Å². The van der Waals surface area contributed by atoms with Gasteiger partial charge in [0.15, 0.2) is 0 Å². The van der Waals surface area contributed by atoms with Crippen molar-refractivity contribution in [3.8, 4) is 5.75 Å². The van der Waals surface area contributed by atoms with Gasteiger partial charge in [0.05, 0.1) is 0 Å². The van der Waals surface area contributed by atoms with E-state index in [1.165, 1.54) is 17.0 Å². The van der Waals surface area contributed by atoms with Crippen LogP contribution >= 0.6 is 0 Å². The van der Waals surface area contributed by atoms with E-state index in [1.54, 1.807) is 7.05 Å². The molecule has 0 bridgehead atoms. The Balaban J connectivity index is 2.19. The number of carbonyl (C=O) groups excluding carboxylic acids is 1. The number of rotatable bonds is 4. The predicted molar refractivity (Wildman–Crippen MR) is 78.2 cm³/mol. The van der Waals surface area contributed by atoms with E-state index < -0.39 is 11.7 Å². The van der Waals surface area contributed by atoms with Gasteiger partial charge in [0.1, 0.15) is 17.1 Å². The second kappa shape index (κ2) is 6.37. The maximum Gasteiger partial charge on any atom is 0.260 e. The van der Waals surface area contributed by atoms with Crippen LogP contribution in [0.3, 0.4) is 0 Å². The number of hydrogen-bond donors (Lipinski definition) is 2. The summed E-state index contributed by atoms with van der Waals surface area (Å²) in [6, 6.07) is 11.3. The summed E-state index contributed by atoms with van der Waals surface area (Å²) in [5.41, 5.74) is 7.12. The molecule has 2 rings (SSSR count). The number of phenols is 1. The number of amides is 1. The van der Waals surface area contributed by atoms with Crippen LogP contribution in [-0.2, 0) is 13.1 Å². The molecule has 0 aliphatic rings. The molecule has 0 heterocycles. The molecule has 4 nitrogen and oxygen atoms in total. The van der Waals surface area contributed by atoms with Crippen LogP contribution < -0.4 is 5.73 Å². The Morgan fingerprint density at radius 2 is 1.90 bits per heavy atom. The molecule has 0 saturated carbocycles. The molecule has 0 fully saturated rings. The highest BCUT2D eigenvalue weighted by Gasteiger charge is 2.20. The number of phenolic OH excluding ortho intramolecular Hbond substituents is 1. The van der Waals surface area contributed by atoms with Gasteiger partial charge < -0.3 is 15.7 Å². The number of halogens is 1. The first-order valence-corrected chi connectivity index (χ1v) is 6.53. The molecule has 0 aromatic heterocycles. The van der Waals surface area contributed by atoms with E-state index in [1.807, 2.05) is 24.3 Å². The van der Waals surface area contributed by atoms with Crippen LogP contribution in [0, 0.1) is 5.82 Å². The lowest BCUT2D eigenvalue weighted by molar-refractivity contribution is 0.0777. The molecule has 0 saturated heterocycles. The molecule has 0 spiro atoms. The molecule has 0 aliphatic heterocycles. The van der Waals surface area contributed by atoms with E-state index >= 15 is 0 Å². The first-order chi connectivity index (χ1) is 10.0. The Morgan fingerprint density at radius 3 is 2.57 bits per heavy atom. The maximum atomic E-state index is 13.7. The molecular formula is C16H17FN2O2. The summed E-state index contributed by atoms with van der Waals surface area (Å²) >= 11 is 0. The van der Waals surface area contributed by atoms with Gasteiger partial charge in [0, 0.05) is 20.1 Å². The molecule has 5 heteroatoms. The Bertz CT molecular complexity index is 638. The number of nitrogens with zero attached hydrogens (tertiary/aromatic N) is 1. The molecule has 2 aromatic rings. The lowest BCUT2D eigenvalue weighted by Crippen LogP contribution is -2.27. The van der Waals surface area contributed by atoms with Crippen molar-refractivity contribution in [3.05, 3.63) is 65.0 Å². The fourth-order valence-corrected chi connectivity index (χ4v) is 2.12. The summed E-state index contributed by atoms with van der Waals surface area (Å²) < 4.78 is 13.7. The fourth-order valence-electron chi connectivity index (χ4n) is 2.12. The molecule has 3 N–H and O–H groups in total. The second-order valence-corrected chi connectivity index (χ2v) is 4.82. The average Bonchev–Trinajstić information content (AvgIpc) is 2.47. The molecule has 0 atom stereocenters. The van der Waals surface area contributed by atoms with E-state index in [9.17, 15) is 14.3 Å². The third kappa shape index (κ3) is 3.38. The lowest BCUT2D eigenvalue weighted by atomic mass is 10.1. The summed E-state index contributed by atoms with van der Waals surface area (Å²) in [6.07, 6.45) is 0. The first-order valence-electron chi connectivity index (χ1n) is 6.53. The van der Waals surface area contributed by atoms with E-state index in [2.05, 4.69) is 0 Å². The number of nitrogens with two attached hydrogens (primary N) is 1. The third-order valence-corrected chi connectivity index (χ3v) is 3.20. The zero-order valence-corrected chi connectivity index (χ0v) is 11.7. The molecule has 2 aromatic carbocycles. The fraction of sp³-hybridized carbons (Fsp3) is 0.188. The average molecular weight is 288 g/mol. The topological polar surface area (TPSA) is 66.6 Å². The predicted octanol–water partition coefficient (Wildman–Crippen LogP) is 2.26. The van der Waals surface area contributed by atoms with Gasteiger partial charge in [-0.3, -0.25) is 4.79 Å². The minimum Gasteiger partial charge on any atom is -0.507 e. The molecule has 0 radical (unpaired) electrons. The van der Waals surface area contributed by atoms with Crippen molar-refractivity contribution in [2.24, 2.45) is 5.73 Å². The zero-order valence-electron chi connectivity index (χ0n) is 11.7. The van der Waals surface area contributed by atoms with E-state index in [0.29, 0.717) is 13.1 Å². The van der Waals surface area contributed by atoms with Crippen LogP contribution in [-0.4, -0.2) is 23.0 Å². The quantitative estimate of drug-likeness (QED) is 0.907. The van der Waals surface area contributed by atoms with Crippen molar-refractivity contribution < 1.29 is 14.3 Å². The van der Waals surface area contributed by atoms with Crippen LogP contribution in [0.15, 0.2) is 42.5 Å². The second-order valence-electron chi connectivity index (χ2n) is 4.82. The normalized spacial score (nSPS) is 10.4. The number of hydrogen-bond acceptors (Lipinski definition) is 3. The SMILES string of the molecule is CN(Cc1cccc(CN)c1)C(=O)c1c(O)cccc1F. The van der Waals surface area contributed by atoms with Crippen LogP contribution in [0.1, 0.15) is 21.5 Å². The highest BCUT2D eigenvalue weighted by Crippen LogP contribution is 2.22. The number of carbonyl (C=O) groups is 1. The summed E-state index contributed by atoms with van der Waals surface area (Å²) in [7, 11) is 1.56. The standard InChI is InChI=1S/C16H17FN2O2/c1-19(10-12-5-2-4-11(8-12)9-18)16(21)15-13(17)6-3-7-14(15)20/h2-8,20H,9-10,18H2,1H3. The summed E-state index contributed by atoms with van der Waals surface area (Å²) in [5, 5.41) is 9.65. The van der Waals surface area contributed by atoms with E-state index in [-0.39, 0.29) is 11.3 Å². The Hall–Kier alpha value is -2.40. The van der Waals surface area contributed by atoms with Crippen LogP contribution in [0.5, 0.6) is 5.75 Å². The van der Waals surface area contributed by atoms with Gasteiger partial charge in [-0.15, -0.1) is 0 Å². The molecule has 110 valence electrons. The smallest absolute Gasteiger partial charge is 0.260 e. The number of aromatic hydroxyl groups is 1. The van der Waals surface area contributed by atoms with E-state index in [0.717, 1.165) is 17.2 Å². The van der Waals surface area contributed by atoms with Crippen LogP contribution in [0.25, 0.3) is 0 Å². The van der Waals surface area contributed by atoms with Gasteiger partial charge in [-0.1, -0.05) is 30.3 Å². The summed E-state index contributed by atoms with van der Waals surface area (Å²) in [5.74, 6) is -1.66. The van der Waals surface area contributed by atoms with Crippen molar-refractivity contribution in [1.29, 1.82) is 0 Å². The number of benzene rings is 2. The molecule has 0 aliphatic carbocycles. The maximum absolute atomic E-state index is 13.7. The monoisotopic (exact) mass is 288 g/mol. The zero-order chi connectivity index (χ0) is 15.4. The molecule has 0 unspecified atom stereocenters.